The molecule has 0 saturated heterocycles. The Bertz CT molecular complexity index is 893. The van der Waals surface area contributed by atoms with Crippen molar-refractivity contribution in [2.24, 2.45) is 0 Å². The Hall–Kier alpha value is -2.61. The van der Waals surface area contributed by atoms with Gasteiger partial charge in [-0.15, -0.1) is 0 Å². The summed E-state index contributed by atoms with van der Waals surface area (Å²) in [6, 6.07) is 11.8. The van der Waals surface area contributed by atoms with Gasteiger partial charge in [0.15, 0.2) is 9.84 Å². The summed E-state index contributed by atoms with van der Waals surface area (Å²) >= 11 is 0. The highest BCUT2D eigenvalue weighted by Gasteiger charge is 2.19. The standard InChI is InChI=1S/C18H23N3O4S/c1-5-20(13(2)3)15-8-6-14(7-9-15)19-17-11-10-16(26(4,24)25)12-18(17)21(22)23/h6-13,19H,5H2,1-4H3. The third-order valence-corrected chi connectivity index (χ3v) is 5.15. The zero-order valence-corrected chi connectivity index (χ0v) is 16.1. The molecule has 0 heterocycles. The maximum atomic E-state index is 11.6. The van der Waals surface area contributed by atoms with Gasteiger partial charge in [-0.05, 0) is 57.2 Å². The molecule has 26 heavy (non-hydrogen) atoms. The van der Waals surface area contributed by atoms with Gasteiger partial charge < -0.3 is 10.2 Å². The average molecular weight is 377 g/mol. The molecule has 0 atom stereocenters. The van der Waals surface area contributed by atoms with Gasteiger partial charge in [0.1, 0.15) is 5.69 Å². The number of nitro groups is 1. The summed E-state index contributed by atoms with van der Waals surface area (Å²) < 4.78 is 23.2. The monoisotopic (exact) mass is 377 g/mol. The van der Waals surface area contributed by atoms with E-state index >= 15 is 0 Å². The van der Waals surface area contributed by atoms with Crippen molar-refractivity contribution >= 4 is 32.6 Å². The van der Waals surface area contributed by atoms with Crippen molar-refractivity contribution in [3.05, 3.63) is 52.6 Å². The van der Waals surface area contributed by atoms with E-state index in [0.717, 1.165) is 24.6 Å². The van der Waals surface area contributed by atoms with Crippen molar-refractivity contribution in [3.63, 3.8) is 0 Å². The molecular weight excluding hydrogens is 354 g/mol. The molecule has 0 bridgehead atoms. The summed E-state index contributed by atoms with van der Waals surface area (Å²) in [7, 11) is -3.51. The largest absolute Gasteiger partial charge is 0.369 e. The molecule has 0 radical (unpaired) electrons. The molecule has 7 nitrogen and oxygen atoms in total. The van der Waals surface area contributed by atoms with Crippen LogP contribution in [0.3, 0.4) is 0 Å². The average Bonchev–Trinajstić information content (AvgIpc) is 2.56. The van der Waals surface area contributed by atoms with Crippen LogP contribution in [0.25, 0.3) is 0 Å². The molecule has 0 amide bonds. The number of nitrogens with one attached hydrogen (secondary N) is 1. The number of benzene rings is 2. The predicted molar refractivity (Wildman–Crippen MR) is 104 cm³/mol. The Kier molecular flexibility index (Phi) is 5.86. The van der Waals surface area contributed by atoms with Gasteiger partial charge in [0.05, 0.1) is 9.82 Å². The van der Waals surface area contributed by atoms with E-state index < -0.39 is 14.8 Å². The second kappa shape index (κ2) is 7.74. The Morgan fingerprint density at radius 3 is 2.23 bits per heavy atom. The summed E-state index contributed by atoms with van der Waals surface area (Å²) in [5.41, 5.74) is 1.71. The molecule has 2 rings (SSSR count). The highest BCUT2D eigenvalue weighted by atomic mass is 32.2. The molecule has 0 unspecified atom stereocenters. The van der Waals surface area contributed by atoms with E-state index in [1.54, 1.807) is 0 Å². The van der Waals surface area contributed by atoms with Gasteiger partial charge >= 0.3 is 0 Å². The Morgan fingerprint density at radius 1 is 1.15 bits per heavy atom. The first-order valence-corrected chi connectivity index (χ1v) is 10.1. The maximum absolute atomic E-state index is 11.6. The molecule has 0 aliphatic carbocycles. The van der Waals surface area contributed by atoms with Crippen LogP contribution in [0.4, 0.5) is 22.7 Å². The normalized spacial score (nSPS) is 11.4. The van der Waals surface area contributed by atoms with E-state index in [9.17, 15) is 18.5 Å². The van der Waals surface area contributed by atoms with Crippen LogP contribution >= 0.6 is 0 Å². The summed E-state index contributed by atoms with van der Waals surface area (Å²) in [5.74, 6) is 0. The quantitative estimate of drug-likeness (QED) is 0.580. The number of nitro benzene ring substituents is 1. The number of rotatable bonds is 7. The minimum absolute atomic E-state index is 0.0828. The van der Waals surface area contributed by atoms with Crippen LogP contribution in [0.5, 0.6) is 0 Å². The number of nitrogens with zero attached hydrogens (tertiary/aromatic N) is 2. The first kappa shape index (κ1) is 19.7. The van der Waals surface area contributed by atoms with Gasteiger partial charge in [-0.2, -0.15) is 0 Å². The van der Waals surface area contributed by atoms with Crippen molar-refractivity contribution < 1.29 is 13.3 Å². The fraction of sp³-hybridized carbons (Fsp3) is 0.333. The number of hydrogen-bond donors (Lipinski definition) is 1. The number of hydrogen-bond acceptors (Lipinski definition) is 6. The van der Waals surface area contributed by atoms with E-state index in [0.29, 0.717) is 11.7 Å². The van der Waals surface area contributed by atoms with Crippen LogP contribution in [0, 0.1) is 10.1 Å². The summed E-state index contributed by atoms with van der Waals surface area (Å²) in [6.45, 7) is 7.19. The fourth-order valence-corrected chi connectivity index (χ4v) is 3.38. The lowest BCUT2D eigenvalue weighted by Crippen LogP contribution is -2.30. The lowest BCUT2D eigenvalue weighted by atomic mass is 10.2. The molecule has 2 aromatic carbocycles. The van der Waals surface area contributed by atoms with Gasteiger partial charge in [0.25, 0.3) is 5.69 Å². The van der Waals surface area contributed by atoms with Crippen LogP contribution < -0.4 is 10.2 Å². The van der Waals surface area contributed by atoms with Gasteiger partial charge in [-0.1, -0.05) is 0 Å². The predicted octanol–water partition coefficient (Wildman–Crippen LogP) is 3.98. The van der Waals surface area contributed by atoms with Crippen molar-refractivity contribution in [1.82, 2.24) is 0 Å². The number of anilines is 3. The highest BCUT2D eigenvalue weighted by molar-refractivity contribution is 7.90. The van der Waals surface area contributed by atoms with E-state index in [1.165, 1.54) is 12.1 Å². The Morgan fingerprint density at radius 2 is 1.77 bits per heavy atom. The molecule has 2 aromatic rings. The molecule has 140 valence electrons. The van der Waals surface area contributed by atoms with Crippen LogP contribution in [0.15, 0.2) is 47.4 Å². The van der Waals surface area contributed by atoms with Gasteiger partial charge in [0, 0.05) is 36.3 Å². The molecule has 0 aliphatic heterocycles. The SMILES string of the molecule is CCN(c1ccc(Nc2ccc(S(C)(=O)=O)cc2[N+](=O)[O-])cc1)C(C)C. The minimum atomic E-state index is -3.51. The van der Waals surface area contributed by atoms with E-state index in [1.807, 2.05) is 24.3 Å². The molecule has 0 aromatic heterocycles. The van der Waals surface area contributed by atoms with Crippen LogP contribution in [-0.2, 0) is 9.84 Å². The van der Waals surface area contributed by atoms with E-state index in [-0.39, 0.29) is 16.3 Å². The summed E-state index contributed by atoms with van der Waals surface area (Å²) in [5, 5.41) is 14.3. The van der Waals surface area contributed by atoms with Gasteiger partial charge in [0.2, 0.25) is 0 Å². The molecule has 1 N–H and O–H groups in total. The first-order chi connectivity index (χ1) is 12.1. The molecule has 0 aliphatic rings. The van der Waals surface area contributed by atoms with Crippen molar-refractivity contribution in [2.45, 2.75) is 31.7 Å². The molecule has 8 heteroatoms. The summed E-state index contributed by atoms with van der Waals surface area (Å²) in [6.07, 6.45) is 1.02. The van der Waals surface area contributed by atoms with Crippen molar-refractivity contribution in [2.75, 3.05) is 23.0 Å². The Balaban J connectivity index is 2.32. The second-order valence-corrected chi connectivity index (χ2v) is 8.28. The van der Waals surface area contributed by atoms with E-state index in [2.05, 4.69) is 31.0 Å². The zero-order valence-electron chi connectivity index (χ0n) is 15.3. The van der Waals surface area contributed by atoms with E-state index in [4.69, 9.17) is 0 Å². The molecule has 0 saturated carbocycles. The highest BCUT2D eigenvalue weighted by Crippen LogP contribution is 2.31. The third kappa shape index (κ3) is 4.51. The van der Waals surface area contributed by atoms with Gasteiger partial charge in [-0.3, -0.25) is 10.1 Å². The minimum Gasteiger partial charge on any atom is -0.369 e. The number of sulfone groups is 1. The van der Waals surface area contributed by atoms with Crippen molar-refractivity contribution in [3.8, 4) is 0 Å². The Labute approximate surface area is 153 Å². The lowest BCUT2D eigenvalue weighted by molar-refractivity contribution is -0.384. The lowest BCUT2D eigenvalue weighted by Gasteiger charge is -2.27. The molecule has 0 fully saturated rings. The zero-order chi connectivity index (χ0) is 19.5. The van der Waals surface area contributed by atoms with Crippen LogP contribution in [-0.4, -0.2) is 32.2 Å². The fourth-order valence-electron chi connectivity index (χ4n) is 2.74. The third-order valence-electron chi connectivity index (χ3n) is 4.04. The topological polar surface area (TPSA) is 92.6 Å². The van der Waals surface area contributed by atoms with Crippen LogP contribution in [0.1, 0.15) is 20.8 Å². The van der Waals surface area contributed by atoms with Gasteiger partial charge in [-0.25, -0.2) is 8.42 Å². The second-order valence-electron chi connectivity index (χ2n) is 6.26. The smallest absolute Gasteiger partial charge is 0.293 e. The molecular formula is C18H23N3O4S. The van der Waals surface area contributed by atoms with Crippen molar-refractivity contribution in [1.29, 1.82) is 0 Å². The molecule has 0 spiro atoms. The van der Waals surface area contributed by atoms with Crippen LogP contribution in [0.2, 0.25) is 0 Å². The maximum Gasteiger partial charge on any atom is 0.293 e. The first-order valence-electron chi connectivity index (χ1n) is 8.25. The summed E-state index contributed by atoms with van der Waals surface area (Å²) in [4.78, 5) is 12.9.